The minimum atomic E-state index is -0.590. The molecular weight excluding hydrogens is 237 g/mol. The normalized spacial score (nSPS) is 19.5. The SMILES string of the molecule is O=c1[nH]c2c(F)cccc2c(=O)n1C1CCCN1. The predicted molar refractivity (Wildman–Crippen MR) is 65.1 cm³/mol. The van der Waals surface area contributed by atoms with E-state index in [4.69, 9.17) is 0 Å². The number of nitrogens with one attached hydrogen (secondary N) is 2. The van der Waals surface area contributed by atoms with E-state index in [1.54, 1.807) is 0 Å². The van der Waals surface area contributed by atoms with Crippen LogP contribution in [-0.2, 0) is 0 Å². The van der Waals surface area contributed by atoms with Crippen molar-refractivity contribution in [2.75, 3.05) is 6.54 Å². The summed E-state index contributed by atoms with van der Waals surface area (Å²) in [5, 5.41) is 3.28. The molecule has 5 nitrogen and oxygen atoms in total. The molecule has 2 heterocycles. The van der Waals surface area contributed by atoms with Gasteiger partial charge in [0.2, 0.25) is 0 Å². The summed E-state index contributed by atoms with van der Waals surface area (Å²) in [5.41, 5.74) is -1.05. The summed E-state index contributed by atoms with van der Waals surface area (Å²) >= 11 is 0. The second-order valence-electron chi connectivity index (χ2n) is 4.38. The maximum atomic E-state index is 13.5. The Morgan fingerprint density at radius 2 is 2.17 bits per heavy atom. The Morgan fingerprint density at radius 1 is 1.33 bits per heavy atom. The second kappa shape index (κ2) is 4.06. The molecule has 2 N–H and O–H groups in total. The van der Waals surface area contributed by atoms with Gasteiger partial charge in [-0.3, -0.25) is 10.1 Å². The summed E-state index contributed by atoms with van der Waals surface area (Å²) in [6.07, 6.45) is 1.34. The number of hydrogen-bond acceptors (Lipinski definition) is 3. The van der Waals surface area contributed by atoms with Gasteiger partial charge in [0.1, 0.15) is 5.82 Å². The van der Waals surface area contributed by atoms with Crippen molar-refractivity contribution in [2.24, 2.45) is 0 Å². The maximum Gasteiger partial charge on any atom is 0.330 e. The monoisotopic (exact) mass is 249 g/mol. The Bertz CT molecular complexity index is 713. The molecule has 1 aliphatic rings. The van der Waals surface area contributed by atoms with Gasteiger partial charge in [-0.1, -0.05) is 6.07 Å². The van der Waals surface area contributed by atoms with E-state index >= 15 is 0 Å². The van der Waals surface area contributed by atoms with E-state index in [-0.39, 0.29) is 17.1 Å². The van der Waals surface area contributed by atoms with Gasteiger partial charge in [0.15, 0.2) is 0 Å². The molecule has 0 saturated carbocycles. The summed E-state index contributed by atoms with van der Waals surface area (Å²) in [6.45, 7) is 0.776. The van der Waals surface area contributed by atoms with Crippen LogP contribution < -0.4 is 16.6 Å². The molecule has 1 saturated heterocycles. The molecule has 0 aliphatic carbocycles. The molecule has 1 unspecified atom stereocenters. The molecule has 0 amide bonds. The topological polar surface area (TPSA) is 66.9 Å². The lowest BCUT2D eigenvalue weighted by atomic mass is 10.2. The van der Waals surface area contributed by atoms with Crippen molar-refractivity contribution in [3.8, 4) is 0 Å². The molecule has 1 aromatic heterocycles. The van der Waals surface area contributed by atoms with Gasteiger partial charge >= 0.3 is 5.69 Å². The van der Waals surface area contributed by atoms with Crippen LogP contribution in [0.3, 0.4) is 0 Å². The van der Waals surface area contributed by atoms with Crippen LogP contribution in [0.4, 0.5) is 4.39 Å². The van der Waals surface area contributed by atoms with E-state index < -0.39 is 17.1 Å². The van der Waals surface area contributed by atoms with Crippen LogP contribution >= 0.6 is 0 Å². The lowest BCUT2D eigenvalue weighted by molar-refractivity contribution is 0.439. The standard InChI is InChI=1S/C12H12FN3O2/c13-8-4-1-3-7-10(8)15-12(18)16(11(7)17)9-5-2-6-14-9/h1,3-4,9,14H,2,5-6H2,(H,15,18). The molecule has 1 aliphatic heterocycles. The first-order valence-electron chi connectivity index (χ1n) is 5.85. The molecule has 1 fully saturated rings. The van der Waals surface area contributed by atoms with E-state index in [0.717, 1.165) is 24.0 Å². The van der Waals surface area contributed by atoms with Gasteiger partial charge in [-0.05, 0) is 31.5 Å². The van der Waals surface area contributed by atoms with Crippen LogP contribution in [0.15, 0.2) is 27.8 Å². The Hall–Kier alpha value is -1.95. The van der Waals surface area contributed by atoms with E-state index in [1.807, 2.05) is 0 Å². The first kappa shape index (κ1) is 11.2. The van der Waals surface area contributed by atoms with Gasteiger partial charge in [0, 0.05) is 0 Å². The maximum absolute atomic E-state index is 13.5. The largest absolute Gasteiger partial charge is 0.330 e. The van der Waals surface area contributed by atoms with Crippen molar-refractivity contribution in [1.29, 1.82) is 0 Å². The predicted octanol–water partition coefficient (Wildman–Crippen LogP) is 0.711. The molecular formula is C12H12FN3O2. The second-order valence-corrected chi connectivity index (χ2v) is 4.38. The number of fused-ring (bicyclic) bond motifs is 1. The average molecular weight is 249 g/mol. The van der Waals surface area contributed by atoms with Crippen molar-refractivity contribution >= 4 is 10.9 Å². The highest BCUT2D eigenvalue weighted by atomic mass is 19.1. The van der Waals surface area contributed by atoms with Crippen molar-refractivity contribution in [3.63, 3.8) is 0 Å². The summed E-state index contributed by atoms with van der Waals surface area (Å²) < 4.78 is 14.7. The highest BCUT2D eigenvalue weighted by Gasteiger charge is 2.21. The first-order valence-corrected chi connectivity index (χ1v) is 5.85. The number of H-pyrrole nitrogens is 1. The smallest absolute Gasteiger partial charge is 0.304 e. The lowest BCUT2D eigenvalue weighted by Gasteiger charge is -2.13. The third-order valence-electron chi connectivity index (χ3n) is 3.26. The quantitative estimate of drug-likeness (QED) is 0.782. The Labute approximate surface area is 101 Å². The summed E-state index contributed by atoms with van der Waals surface area (Å²) in [5.74, 6) is -0.590. The van der Waals surface area contributed by atoms with Crippen molar-refractivity contribution in [2.45, 2.75) is 19.0 Å². The molecule has 0 spiro atoms. The Balaban J connectivity index is 2.34. The zero-order chi connectivity index (χ0) is 12.7. The van der Waals surface area contributed by atoms with Crippen molar-refractivity contribution < 1.29 is 4.39 Å². The van der Waals surface area contributed by atoms with Gasteiger partial charge in [-0.15, -0.1) is 0 Å². The van der Waals surface area contributed by atoms with E-state index in [0.29, 0.717) is 0 Å². The van der Waals surface area contributed by atoms with Crippen molar-refractivity contribution in [1.82, 2.24) is 14.9 Å². The zero-order valence-corrected chi connectivity index (χ0v) is 9.57. The van der Waals surface area contributed by atoms with Crippen LogP contribution in [-0.4, -0.2) is 16.1 Å². The minimum absolute atomic E-state index is 0.0262. The Morgan fingerprint density at radius 3 is 2.89 bits per heavy atom. The highest BCUT2D eigenvalue weighted by Crippen LogP contribution is 2.14. The number of benzene rings is 1. The van der Waals surface area contributed by atoms with E-state index in [9.17, 15) is 14.0 Å². The summed E-state index contributed by atoms with van der Waals surface area (Å²) in [4.78, 5) is 26.6. The third kappa shape index (κ3) is 1.57. The number of rotatable bonds is 1. The first-order chi connectivity index (χ1) is 8.68. The van der Waals surface area contributed by atoms with Crippen LogP contribution in [0.5, 0.6) is 0 Å². The molecule has 1 atom stereocenters. The minimum Gasteiger partial charge on any atom is -0.304 e. The average Bonchev–Trinajstić information content (AvgIpc) is 2.84. The molecule has 0 bridgehead atoms. The van der Waals surface area contributed by atoms with Crippen LogP contribution in [0, 0.1) is 5.82 Å². The van der Waals surface area contributed by atoms with E-state index in [2.05, 4.69) is 10.3 Å². The summed E-state index contributed by atoms with van der Waals surface area (Å²) in [7, 11) is 0. The fraction of sp³-hybridized carbons (Fsp3) is 0.333. The summed E-state index contributed by atoms with van der Waals surface area (Å²) in [6, 6.07) is 4.20. The number of halogens is 1. The molecule has 18 heavy (non-hydrogen) atoms. The highest BCUT2D eigenvalue weighted by molar-refractivity contribution is 5.77. The molecule has 2 aromatic rings. The van der Waals surface area contributed by atoms with Gasteiger partial charge in [-0.2, -0.15) is 0 Å². The molecule has 94 valence electrons. The number of nitrogens with zero attached hydrogens (tertiary/aromatic N) is 1. The van der Waals surface area contributed by atoms with Crippen LogP contribution in [0.25, 0.3) is 10.9 Å². The van der Waals surface area contributed by atoms with E-state index in [1.165, 1.54) is 18.2 Å². The van der Waals surface area contributed by atoms with Crippen LogP contribution in [0.2, 0.25) is 0 Å². The number of aromatic amines is 1. The fourth-order valence-electron chi connectivity index (χ4n) is 2.39. The zero-order valence-electron chi connectivity index (χ0n) is 9.57. The van der Waals surface area contributed by atoms with Gasteiger partial charge in [0.05, 0.1) is 17.1 Å². The fourth-order valence-corrected chi connectivity index (χ4v) is 2.39. The number of aromatic nitrogens is 2. The molecule has 0 radical (unpaired) electrons. The molecule has 3 rings (SSSR count). The molecule has 1 aromatic carbocycles. The Kier molecular flexibility index (Phi) is 2.52. The van der Waals surface area contributed by atoms with Crippen LogP contribution in [0.1, 0.15) is 19.0 Å². The van der Waals surface area contributed by atoms with Gasteiger partial charge in [0.25, 0.3) is 5.56 Å². The third-order valence-corrected chi connectivity index (χ3v) is 3.26. The lowest BCUT2D eigenvalue weighted by Crippen LogP contribution is -2.41. The van der Waals surface area contributed by atoms with Crippen molar-refractivity contribution in [3.05, 3.63) is 44.9 Å². The number of hydrogen-bond donors (Lipinski definition) is 2. The number of para-hydroxylation sites is 1. The molecule has 6 heteroatoms. The van der Waals surface area contributed by atoms with Gasteiger partial charge in [-0.25, -0.2) is 13.8 Å². The van der Waals surface area contributed by atoms with Gasteiger partial charge < -0.3 is 4.98 Å².